The molecule has 0 spiro atoms. The van der Waals surface area contributed by atoms with Crippen LogP contribution in [0.25, 0.3) is 0 Å². The van der Waals surface area contributed by atoms with E-state index in [1.807, 2.05) is 0 Å². The quantitative estimate of drug-likeness (QED) is 0.675. The maximum Gasteiger partial charge on any atom is 0.297 e. The minimum Gasteiger partial charge on any atom is -0.328 e. The standard InChI is InChI=1S/C7H14F2N2S/c8-7(9)12-11-6-3-1-5(10)2-4-6/h5-7,11H,1-4,10H2/t5-,6-. The number of nitrogens with one attached hydrogen (secondary N) is 1. The molecule has 0 aliphatic heterocycles. The van der Waals surface area contributed by atoms with Gasteiger partial charge in [-0.2, -0.15) is 8.78 Å². The van der Waals surface area contributed by atoms with Crippen molar-refractivity contribution >= 4 is 11.9 Å². The summed E-state index contributed by atoms with van der Waals surface area (Å²) in [4.78, 5) is 0. The van der Waals surface area contributed by atoms with Gasteiger partial charge in [-0.05, 0) is 37.6 Å². The Morgan fingerprint density at radius 3 is 2.33 bits per heavy atom. The Morgan fingerprint density at radius 2 is 1.83 bits per heavy atom. The lowest BCUT2D eigenvalue weighted by atomic mass is 9.93. The molecule has 1 saturated carbocycles. The molecule has 0 atom stereocenters. The highest BCUT2D eigenvalue weighted by Crippen LogP contribution is 2.20. The Labute approximate surface area is 75.4 Å². The molecule has 0 bridgehead atoms. The van der Waals surface area contributed by atoms with Gasteiger partial charge in [0.1, 0.15) is 0 Å². The number of halogens is 2. The molecular formula is C7H14F2N2S. The van der Waals surface area contributed by atoms with Gasteiger partial charge in [0.2, 0.25) is 0 Å². The van der Waals surface area contributed by atoms with Crippen LogP contribution in [-0.4, -0.2) is 17.8 Å². The van der Waals surface area contributed by atoms with Gasteiger partial charge in [-0.3, -0.25) is 4.72 Å². The molecule has 1 aliphatic rings. The number of nitrogens with two attached hydrogens (primary N) is 1. The van der Waals surface area contributed by atoms with Crippen molar-refractivity contribution < 1.29 is 8.78 Å². The topological polar surface area (TPSA) is 38.0 Å². The molecule has 0 amide bonds. The van der Waals surface area contributed by atoms with Gasteiger partial charge in [-0.25, -0.2) is 0 Å². The lowest BCUT2D eigenvalue weighted by molar-refractivity contribution is 0.249. The summed E-state index contributed by atoms with van der Waals surface area (Å²) in [5.41, 5.74) is 5.67. The van der Waals surface area contributed by atoms with Crippen LogP contribution in [0.4, 0.5) is 8.78 Å². The summed E-state index contributed by atoms with van der Waals surface area (Å²) >= 11 is 0.515. The SMILES string of the molecule is N[C@H]1CC[C@H](NSC(F)F)CC1. The molecule has 1 rings (SSSR count). The van der Waals surface area contributed by atoms with E-state index in [2.05, 4.69) is 4.72 Å². The molecule has 0 saturated heterocycles. The molecule has 1 fully saturated rings. The summed E-state index contributed by atoms with van der Waals surface area (Å²) in [6, 6.07) is 0.503. The van der Waals surface area contributed by atoms with E-state index < -0.39 is 5.76 Å². The Kier molecular flexibility index (Phi) is 4.25. The fraction of sp³-hybridized carbons (Fsp3) is 1.00. The molecule has 0 aromatic rings. The number of hydrogen-bond acceptors (Lipinski definition) is 3. The number of hydrogen-bond donors (Lipinski definition) is 2. The molecule has 5 heteroatoms. The lowest BCUT2D eigenvalue weighted by Gasteiger charge is -2.26. The van der Waals surface area contributed by atoms with E-state index in [-0.39, 0.29) is 12.1 Å². The smallest absolute Gasteiger partial charge is 0.297 e. The summed E-state index contributed by atoms with van der Waals surface area (Å²) in [5.74, 6) is -2.32. The van der Waals surface area contributed by atoms with Crippen molar-refractivity contribution in [3.63, 3.8) is 0 Å². The summed E-state index contributed by atoms with van der Waals surface area (Å²) < 4.78 is 26.2. The zero-order chi connectivity index (χ0) is 8.97. The van der Waals surface area contributed by atoms with Gasteiger partial charge in [-0.1, -0.05) is 0 Å². The van der Waals surface area contributed by atoms with Gasteiger partial charge < -0.3 is 5.73 Å². The Bertz CT molecular complexity index is 127. The van der Waals surface area contributed by atoms with Crippen molar-refractivity contribution in [2.75, 3.05) is 0 Å². The van der Waals surface area contributed by atoms with Crippen molar-refractivity contribution in [3.05, 3.63) is 0 Å². The third kappa shape index (κ3) is 3.69. The van der Waals surface area contributed by atoms with Crippen molar-refractivity contribution in [1.29, 1.82) is 0 Å². The van der Waals surface area contributed by atoms with Crippen LogP contribution in [-0.2, 0) is 0 Å². The van der Waals surface area contributed by atoms with Crippen molar-refractivity contribution in [3.8, 4) is 0 Å². The zero-order valence-corrected chi connectivity index (χ0v) is 7.62. The average Bonchev–Trinajstić information content (AvgIpc) is 2.03. The van der Waals surface area contributed by atoms with Crippen LogP contribution in [0.2, 0.25) is 0 Å². The van der Waals surface area contributed by atoms with Crippen LogP contribution in [0.15, 0.2) is 0 Å². The average molecular weight is 196 g/mol. The fourth-order valence-corrected chi connectivity index (χ4v) is 1.92. The Balaban J connectivity index is 2.09. The molecule has 0 radical (unpaired) electrons. The molecule has 2 nitrogen and oxygen atoms in total. The highest BCUT2D eigenvalue weighted by atomic mass is 32.2. The first kappa shape index (κ1) is 10.2. The van der Waals surface area contributed by atoms with E-state index >= 15 is 0 Å². The third-order valence-electron chi connectivity index (χ3n) is 2.10. The van der Waals surface area contributed by atoms with E-state index in [1.54, 1.807) is 0 Å². The lowest BCUT2D eigenvalue weighted by Crippen LogP contribution is -2.34. The maximum atomic E-state index is 11.7. The van der Waals surface area contributed by atoms with Crippen LogP contribution in [0.5, 0.6) is 0 Å². The predicted molar refractivity (Wildman–Crippen MR) is 47.0 cm³/mol. The summed E-state index contributed by atoms with van der Waals surface area (Å²) in [7, 11) is 0. The van der Waals surface area contributed by atoms with Gasteiger partial charge in [0.15, 0.2) is 0 Å². The highest BCUT2D eigenvalue weighted by Gasteiger charge is 2.19. The fourth-order valence-electron chi connectivity index (χ4n) is 1.38. The first-order valence-corrected chi connectivity index (χ1v) is 5.01. The van der Waals surface area contributed by atoms with Crippen molar-refractivity contribution in [1.82, 2.24) is 4.72 Å². The zero-order valence-electron chi connectivity index (χ0n) is 6.80. The minimum absolute atomic E-state index is 0.226. The first-order valence-electron chi connectivity index (χ1n) is 4.13. The van der Waals surface area contributed by atoms with Crippen LogP contribution in [0, 0.1) is 0 Å². The molecule has 1 aliphatic carbocycles. The summed E-state index contributed by atoms with van der Waals surface area (Å²) in [5, 5.41) is 0. The third-order valence-corrected chi connectivity index (χ3v) is 2.74. The van der Waals surface area contributed by atoms with E-state index in [1.165, 1.54) is 0 Å². The minimum atomic E-state index is -2.32. The number of alkyl halides is 2. The summed E-state index contributed by atoms with van der Waals surface area (Å²) in [6.45, 7) is 0. The van der Waals surface area contributed by atoms with Gasteiger partial charge in [-0.15, -0.1) is 0 Å². The second-order valence-corrected chi connectivity index (χ2v) is 3.94. The van der Waals surface area contributed by atoms with Gasteiger partial charge in [0, 0.05) is 12.1 Å². The molecule has 0 unspecified atom stereocenters. The Morgan fingerprint density at radius 1 is 1.25 bits per heavy atom. The Hall–Kier alpha value is 0.130. The molecular weight excluding hydrogens is 182 g/mol. The van der Waals surface area contributed by atoms with Crippen molar-refractivity contribution in [2.45, 2.75) is 43.5 Å². The van der Waals surface area contributed by atoms with Gasteiger partial charge in [0.25, 0.3) is 5.76 Å². The van der Waals surface area contributed by atoms with E-state index in [0.29, 0.717) is 11.9 Å². The molecule has 72 valence electrons. The van der Waals surface area contributed by atoms with Gasteiger partial charge in [0.05, 0.1) is 0 Å². The molecule has 12 heavy (non-hydrogen) atoms. The monoisotopic (exact) mass is 196 g/mol. The van der Waals surface area contributed by atoms with Crippen LogP contribution < -0.4 is 10.5 Å². The first-order chi connectivity index (χ1) is 5.68. The van der Waals surface area contributed by atoms with Crippen molar-refractivity contribution in [2.24, 2.45) is 5.73 Å². The highest BCUT2D eigenvalue weighted by molar-refractivity contribution is 7.97. The second kappa shape index (κ2) is 4.99. The van der Waals surface area contributed by atoms with E-state index in [9.17, 15) is 8.78 Å². The second-order valence-electron chi connectivity index (χ2n) is 3.11. The van der Waals surface area contributed by atoms with Crippen LogP contribution in [0.1, 0.15) is 25.7 Å². The molecule has 3 N–H and O–H groups in total. The molecule has 0 aromatic carbocycles. The van der Waals surface area contributed by atoms with E-state index in [4.69, 9.17) is 5.73 Å². The molecule has 0 aromatic heterocycles. The predicted octanol–water partition coefficient (Wildman–Crippen LogP) is 1.72. The number of rotatable bonds is 3. The molecule has 0 heterocycles. The maximum absolute atomic E-state index is 11.7. The van der Waals surface area contributed by atoms with E-state index in [0.717, 1.165) is 25.7 Å². The van der Waals surface area contributed by atoms with Gasteiger partial charge >= 0.3 is 0 Å². The van der Waals surface area contributed by atoms with Crippen LogP contribution >= 0.6 is 11.9 Å². The normalized spacial score (nSPS) is 31.0. The van der Waals surface area contributed by atoms with Crippen LogP contribution in [0.3, 0.4) is 0 Å². The largest absolute Gasteiger partial charge is 0.328 e. The summed E-state index contributed by atoms with van der Waals surface area (Å²) in [6.07, 6.45) is 3.73.